The predicted octanol–water partition coefficient (Wildman–Crippen LogP) is 7.03. The smallest absolute Gasteiger partial charge is 0.294 e. The van der Waals surface area contributed by atoms with E-state index < -0.39 is 21.9 Å². The number of carbonyl (C=O) groups excluding carboxylic acids is 2. The van der Waals surface area contributed by atoms with Crippen LogP contribution in [0.25, 0.3) is 10.8 Å². The number of aromatic hydroxyl groups is 1. The topological polar surface area (TPSA) is 167 Å². The Balaban J connectivity index is 1.36. The van der Waals surface area contributed by atoms with Gasteiger partial charge in [0.2, 0.25) is 0 Å². The Morgan fingerprint density at radius 1 is 0.773 bits per heavy atom. The summed E-state index contributed by atoms with van der Waals surface area (Å²) in [5, 5.41) is 26.1. The molecule has 0 atom stereocenters. The Morgan fingerprint density at radius 3 is 2.07 bits per heavy atom. The van der Waals surface area contributed by atoms with Crippen LogP contribution in [-0.4, -0.2) is 37.0 Å². The number of phenols is 1. The minimum Gasteiger partial charge on any atom is -0.507 e. The number of amides is 2. The van der Waals surface area contributed by atoms with E-state index in [2.05, 4.69) is 20.9 Å². The van der Waals surface area contributed by atoms with Gasteiger partial charge in [-0.25, -0.2) is 0 Å². The summed E-state index contributed by atoms with van der Waals surface area (Å²) >= 11 is 0. The van der Waals surface area contributed by atoms with E-state index in [-0.39, 0.29) is 21.8 Å². The van der Waals surface area contributed by atoms with E-state index in [9.17, 15) is 23.1 Å². The molecule has 0 radical (unpaired) electrons. The first-order valence-corrected chi connectivity index (χ1v) is 14.6. The molecule has 0 heterocycles. The largest absolute Gasteiger partial charge is 0.507 e. The maximum absolute atomic E-state index is 12.9. The molecule has 12 heteroatoms. The third kappa shape index (κ3) is 6.72. The van der Waals surface area contributed by atoms with Crippen LogP contribution in [0.4, 0.5) is 22.7 Å². The van der Waals surface area contributed by atoms with Gasteiger partial charge < -0.3 is 20.5 Å². The molecule has 0 aromatic heterocycles. The van der Waals surface area contributed by atoms with Crippen LogP contribution in [0.3, 0.4) is 0 Å². The molecule has 0 bridgehead atoms. The lowest BCUT2D eigenvalue weighted by Crippen LogP contribution is -2.12. The molecule has 0 spiro atoms. The molecule has 5 aromatic carbocycles. The van der Waals surface area contributed by atoms with Gasteiger partial charge in [-0.05, 0) is 96.7 Å². The van der Waals surface area contributed by atoms with E-state index in [1.165, 1.54) is 30.3 Å². The lowest BCUT2D eigenvalue weighted by Gasteiger charge is -2.10. The number of carbonyl (C=O) groups is 2. The van der Waals surface area contributed by atoms with Gasteiger partial charge >= 0.3 is 0 Å². The highest BCUT2D eigenvalue weighted by Crippen LogP contribution is 2.34. The number of methoxy groups -OCH3 is 1. The van der Waals surface area contributed by atoms with Gasteiger partial charge in [0.25, 0.3) is 21.9 Å². The number of fused-ring (bicyclic) bond motifs is 1. The Morgan fingerprint density at radius 2 is 1.41 bits per heavy atom. The van der Waals surface area contributed by atoms with Crippen LogP contribution in [0, 0.1) is 6.92 Å². The van der Waals surface area contributed by atoms with Crippen molar-refractivity contribution in [2.45, 2.75) is 11.8 Å². The molecule has 0 saturated carbocycles. The van der Waals surface area contributed by atoms with Gasteiger partial charge in [0, 0.05) is 22.3 Å². The van der Waals surface area contributed by atoms with Crippen molar-refractivity contribution in [3.8, 4) is 11.5 Å². The summed E-state index contributed by atoms with van der Waals surface area (Å²) in [6.07, 6.45) is 0. The van der Waals surface area contributed by atoms with Crippen LogP contribution in [0.1, 0.15) is 26.3 Å². The Bertz CT molecular complexity index is 2030. The summed E-state index contributed by atoms with van der Waals surface area (Å²) in [5.41, 5.74) is 2.86. The van der Waals surface area contributed by atoms with Crippen molar-refractivity contribution in [1.82, 2.24) is 0 Å². The monoisotopic (exact) mass is 610 g/mol. The second-order valence-electron chi connectivity index (χ2n) is 9.71. The van der Waals surface area contributed by atoms with Crippen molar-refractivity contribution >= 4 is 55.5 Å². The molecular formula is C32H26N4O7S. The van der Waals surface area contributed by atoms with E-state index in [1.807, 2.05) is 6.92 Å². The Kier molecular flexibility index (Phi) is 8.38. The minimum absolute atomic E-state index is 0.0876. The number of phenolic OH excluding ortho intramolecular Hbond substituents is 1. The first-order chi connectivity index (χ1) is 21.0. The number of hydrogen-bond donors (Lipinski definition) is 4. The van der Waals surface area contributed by atoms with E-state index in [0.29, 0.717) is 39.3 Å². The number of ether oxygens (including phenoxy) is 1. The van der Waals surface area contributed by atoms with Gasteiger partial charge in [-0.1, -0.05) is 18.2 Å². The summed E-state index contributed by atoms with van der Waals surface area (Å²) in [7, 11) is -2.80. The number of aryl methyl sites for hydroxylation is 1. The normalized spacial score (nSPS) is 11.4. The van der Waals surface area contributed by atoms with Gasteiger partial charge in [-0.3, -0.25) is 14.1 Å². The molecule has 2 amide bonds. The van der Waals surface area contributed by atoms with E-state index >= 15 is 0 Å². The maximum Gasteiger partial charge on any atom is 0.294 e. The molecular weight excluding hydrogens is 584 g/mol. The fraction of sp³-hybridized carbons (Fsp3) is 0.0625. The molecule has 0 aliphatic carbocycles. The number of nitrogens with one attached hydrogen (secondary N) is 2. The summed E-state index contributed by atoms with van der Waals surface area (Å²) in [5.74, 6) is -0.529. The van der Waals surface area contributed by atoms with E-state index in [1.54, 1.807) is 73.8 Å². The molecule has 0 fully saturated rings. The quantitative estimate of drug-likeness (QED) is 0.108. The first kappa shape index (κ1) is 29.9. The zero-order valence-electron chi connectivity index (χ0n) is 23.5. The maximum atomic E-state index is 12.9. The number of nitrogens with zero attached hydrogens (tertiary/aromatic N) is 2. The summed E-state index contributed by atoms with van der Waals surface area (Å²) in [6.45, 7) is 1.81. The van der Waals surface area contributed by atoms with Crippen molar-refractivity contribution in [2.24, 2.45) is 10.2 Å². The van der Waals surface area contributed by atoms with Crippen LogP contribution in [0.15, 0.2) is 112 Å². The highest BCUT2D eigenvalue weighted by molar-refractivity contribution is 7.85. The Hall–Kier alpha value is -5.59. The standard InChI is InChI=1S/C32H26N4O7S/c1-19-6-7-21(31(38)33-23-10-14-25(15-11-23)44(40,41)42)17-29(19)36-35-28-5-3-4-20-16-27(30(37)18-26(20)28)32(39)34-22-8-12-24(43-2)13-9-22/h3-18,37H,1-2H3,(H,33,38)(H,34,39)(H,40,41,42). The second-order valence-corrected chi connectivity index (χ2v) is 11.1. The second kappa shape index (κ2) is 12.3. The van der Waals surface area contributed by atoms with Crippen molar-refractivity contribution in [3.05, 3.63) is 114 Å². The third-order valence-electron chi connectivity index (χ3n) is 6.71. The fourth-order valence-electron chi connectivity index (χ4n) is 4.32. The van der Waals surface area contributed by atoms with Gasteiger partial charge in [0.1, 0.15) is 11.5 Å². The zero-order chi connectivity index (χ0) is 31.4. The number of hydrogen-bond acceptors (Lipinski definition) is 8. The average Bonchev–Trinajstić information content (AvgIpc) is 3.00. The molecule has 222 valence electrons. The van der Waals surface area contributed by atoms with Crippen LogP contribution < -0.4 is 15.4 Å². The van der Waals surface area contributed by atoms with Crippen molar-refractivity contribution in [1.29, 1.82) is 0 Å². The van der Waals surface area contributed by atoms with E-state index in [0.717, 1.165) is 5.56 Å². The number of anilines is 2. The van der Waals surface area contributed by atoms with Crippen LogP contribution in [0.2, 0.25) is 0 Å². The Labute approximate surface area is 252 Å². The SMILES string of the molecule is COc1ccc(NC(=O)c2cc3cccc(N=Nc4cc(C(=O)Nc5ccc(S(=O)(=O)O)cc5)ccc4C)c3cc2O)cc1. The molecule has 0 aliphatic heterocycles. The minimum atomic E-state index is -4.35. The lowest BCUT2D eigenvalue weighted by atomic mass is 10.0. The van der Waals surface area contributed by atoms with E-state index in [4.69, 9.17) is 9.29 Å². The number of benzene rings is 5. The zero-order valence-corrected chi connectivity index (χ0v) is 24.3. The highest BCUT2D eigenvalue weighted by atomic mass is 32.2. The van der Waals surface area contributed by atoms with Crippen LogP contribution in [0.5, 0.6) is 11.5 Å². The molecule has 4 N–H and O–H groups in total. The molecule has 0 saturated heterocycles. The van der Waals surface area contributed by atoms with Crippen molar-refractivity contribution in [3.63, 3.8) is 0 Å². The van der Waals surface area contributed by atoms with Gasteiger partial charge in [0.05, 0.1) is 28.9 Å². The molecule has 5 rings (SSSR count). The molecule has 11 nitrogen and oxygen atoms in total. The van der Waals surface area contributed by atoms with Crippen LogP contribution >= 0.6 is 0 Å². The average molecular weight is 611 g/mol. The van der Waals surface area contributed by atoms with Gasteiger partial charge in [-0.15, -0.1) is 5.11 Å². The number of azo groups is 1. The summed E-state index contributed by atoms with van der Waals surface area (Å²) in [6, 6.07) is 25.1. The molecule has 0 unspecified atom stereocenters. The fourth-order valence-corrected chi connectivity index (χ4v) is 4.80. The molecule has 5 aromatic rings. The predicted molar refractivity (Wildman–Crippen MR) is 166 cm³/mol. The van der Waals surface area contributed by atoms with Gasteiger partial charge in [0.15, 0.2) is 0 Å². The summed E-state index contributed by atoms with van der Waals surface area (Å²) < 4.78 is 36.8. The highest BCUT2D eigenvalue weighted by Gasteiger charge is 2.15. The molecule has 44 heavy (non-hydrogen) atoms. The lowest BCUT2D eigenvalue weighted by molar-refractivity contribution is 0.101. The molecule has 0 aliphatic rings. The van der Waals surface area contributed by atoms with Crippen LogP contribution in [-0.2, 0) is 10.1 Å². The third-order valence-corrected chi connectivity index (χ3v) is 7.58. The van der Waals surface area contributed by atoms with Crippen molar-refractivity contribution in [2.75, 3.05) is 17.7 Å². The summed E-state index contributed by atoms with van der Waals surface area (Å²) in [4.78, 5) is 25.5. The number of rotatable bonds is 8. The first-order valence-electron chi connectivity index (χ1n) is 13.1. The van der Waals surface area contributed by atoms with Gasteiger partial charge in [-0.2, -0.15) is 13.5 Å². The van der Waals surface area contributed by atoms with Crippen molar-refractivity contribution < 1.29 is 32.4 Å².